The first-order valence-electron chi connectivity index (χ1n) is 4.97. The number of methoxy groups -OCH3 is 1. The van der Waals surface area contributed by atoms with Crippen molar-refractivity contribution >= 4 is 44.1 Å². The van der Waals surface area contributed by atoms with E-state index < -0.39 is 17.6 Å². The fourth-order valence-electron chi connectivity index (χ4n) is 1.30. The summed E-state index contributed by atoms with van der Waals surface area (Å²) in [5, 5.41) is 2.69. The quantitative estimate of drug-likeness (QED) is 0.859. The Balaban J connectivity index is 2.27. The van der Waals surface area contributed by atoms with Crippen molar-refractivity contribution in [2.24, 2.45) is 0 Å². The number of ether oxygens (including phenoxy) is 1. The average Bonchev–Trinajstić information content (AvgIpc) is 2.81. The Bertz CT molecular complexity index is 610. The normalized spacial score (nSPS) is 10.3. The lowest BCUT2D eigenvalue weighted by Gasteiger charge is -2.06. The molecule has 1 aromatic heterocycles. The Morgan fingerprint density at radius 1 is 1.42 bits per heavy atom. The van der Waals surface area contributed by atoms with Crippen molar-refractivity contribution in [3.05, 3.63) is 39.3 Å². The van der Waals surface area contributed by atoms with Crippen LogP contribution in [0.25, 0.3) is 0 Å². The summed E-state index contributed by atoms with van der Waals surface area (Å²) in [6, 6.07) is 2.25. The van der Waals surface area contributed by atoms with Gasteiger partial charge >= 0.3 is 5.97 Å². The molecule has 100 valence electrons. The maximum absolute atomic E-state index is 13.6. The molecule has 0 bridgehead atoms. The molecule has 0 saturated carbocycles. The first-order chi connectivity index (χ1) is 9.01. The van der Waals surface area contributed by atoms with Gasteiger partial charge in [0, 0.05) is 4.47 Å². The summed E-state index contributed by atoms with van der Waals surface area (Å²) in [6.45, 7) is 0. The lowest BCUT2D eigenvalue weighted by molar-refractivity contribution is 0.0606. The van der Waals surface area contributed by atoms with Crippen LogP contribution in [0, 0.1) is 11.6 Å². The second kappa shape index (κ2) is 5.62. The molecule has 8 heteroatoms. The first kappa shape index (κ1) is 13.9. The standard InChI is InChI=1S/C11H7BrF2N2O2S/c1-18-10(17)8-4-15-11(19-8)16-9-6(13)2-5(12)3-7(9)14/h2-4H,1H3,(H,15,16). The van der Waals surface area contributed by atoms with Crippen molar-refractivity contribution in [1.29, 1.82) is 0 Å². The lowest BCUT2D eigenvalue weighted by Crippen LogP contribution is -1.97. The highest BCUT2D eigenvalue weighted by Crippen LogP contribution is 2.29. The molecule has 1 heterocycles. The maximum atomic E-state index is 13.6. The molecule has 4 nitrogen and oxygen atoms in total. The summed E-state index contributed by atoms with van der Waals surface area (Å²) in [5.41, 5.74) is -0.325. The average molecular weight is 349 g/mol. The van der Waals surface area contributed by atoms with Gasteiger partial charge in [0.25, 0.3) is 0 Å². The molecule has 0 amide bonds. The number of nitrogens with zero attached hydrogens (tertiary/aromatic N) is 1. The van der Waals surface area contributed by atoms with E-state index in [4.69, 9.17) is 0 Å². The number of carbonyl (C=O) groups is 1. The van der Waals surface area contributed by atoms with Crippen LogP contribution in [0.5, 0.6) is 0 Å². The topological polar surface area (TPSA) is 51.2 Å². The van der Waals surface area contributed by atoms with E-state index in [0.717, 1.165) is 23.5 Å². The number of thiazole rings is 1. The van der Waals surface area contributed by atoms with Crippen LogP contribution in [-0.4, -0.2) is 18.1 Å². The van der Waals surface area contributed by atoms with Crippen LogP contribution in [-0.2, 0) is 4.74 Å². The molecule has 2 rings (SSSR count). The van der Waals surface area contributed by atoms with E-state index in [1.165, 1.54) is 13.3 Å². The predicted molar refractivity (Wildman–Crippen MR) is 70.8 cm³/mol. The van der Waals surface area contributed by atoms with Gasteiger partial charge < -0.3 is 10.1 Å². The van der Waals surface area contributed by atoms with Crippen molar-refractivity contribution in [3.8, 4) is 0 Å². The number of carbonyl (C=O) groups excluding carboxylic acids is 1. The van der Waals surface area contributed by atoms with Gasteiger partial charge in [-0.25, -0.2) is 18.6 Å². The van der Waals surface area contributed by atoms with E-state index in [1.54, 1.807) is 0 Å². The van der Waals surface area contributed by atoms with Gasteiger partial charge in [0.2, 0.25) is 0 Å². The molecule has 0 atom stereocenters. The van der Waals surface area contributed by atoms with Crippen LogP contribution >= 0.6 is 27.3 Å². The van der Waals surface area contributed by atoms with Gasteiger partial charge in [-0.15, -0.1) is 0 Å². The number of benzene rings is 1. The number of halogens is 3. The molecule has 0 radical (unpaired) electrons. The van der Waals surface area contributed by atoms with Crippen LogP contribution in [0.1, 0.15) is 9.67 Å². The van der Waals surface area contributed by atoms with Gasteiger partial charge in [-0.3, -0.25) is 0 Å². The summed E-state index contributed by atoms with van der Waals surface area (Å²) < 4.78 is 32.0. The molecule has 0 aliphatic heterocycles. The van der Waals surface area contributed by atoms with E-state index in [0.29, 0.717) is 4.47 Å². The number of anilines is 2. The summed E-state index contributed by atoms with van der Waals surface area (Å²) >= 11 is 3.92. The Morgan fingerprint density at radius 2 is 2.05 bits per heavy atom. The molecule has 2 aromatic rings. The fourth-order valence-corrected chi connectivity index (χ4v) is 2.44. The van der Waals surface area contributed by atoms with E-state index in [9.17, 15) is 13.6 Å². The van der Waals surface area contributed by atoms with Crippen LogP contribution in [0.4, 0.5) is 19.6 Å². The van der Waals surface area contributed by atoms with Crippen LogP contribution in [0.2, 0.25) is 0 Å². The van der Waals surface area contributed by atoms with E-state index in [1.807, 2.05) is 0 Å². The summed E-state index contributed by atoms with van der Waals surface area (Å²) in [6.07, 6.45) is 1.27. The smallest absolute Gasteiger partial charge is 0.349 e. The Hall–Kier alpha value is -1.54. The second-order valence-electron chi connectivity index (χ2n) is 3.39. The number of aromatic nitrogens is 1. The number of hydrogen-bond acceptors (Lipinski definition) is 5. The maximum Gasteiger partial charge on any atom is 0.349 e. The minimum Gasteiger partial charge on any atom is -0.465 e. The highest BCUT2D eigenvalue weighted by atomic mass is 79.9. The molecule has 0 spiro atoms. The SMILES string of the molecule is COC(=O)c1cnc(Nc2c(F)cc(Br)cc2F)s1. The molecule has 1 N–H and O–H groups in total. The van der Waals surface area contributed by atoms with Crippen LogP contribution in [0.15, 0.2) is 22.8 Å². The minimum atomic E-state index is -0.762. The Morgan fingerprint density at radius 3 is 2.63 bits per heavy atom. The number of esters is 1. The van der Waals surface area contributed by atoms with Crippen molar-refractivity contribution < 1.29 is 18.3 Å². The van der Waals surface area contributed by atoms with Gasteiger partial charge in [-0.2, -0.15) is 0 Å². The summed E-state index contributed by atoms with van der Waals surface area (Å²) in [5.74, 6) is -2.08. The van der Waals surface area contributed by atoms with E-state index in [-0.39, 0.29) is 15.7 Å². The molecule has 0 aliphatic rings. The van der Waals surface area contributed by atoms with Crippen LogP contribution < -0.4 is 5.32 Å². The third-order valence-corrected chi connectivity index (χ3v) is 3.48. The monoisotopic (exact) mass is 348 g/mol. The zero-order valence-electron chi connectivity index (χ0n) is 9.54. The zero-order valence-corrected chi connectivity index (χ0v) is 11.9. The highest BCUT2D eigenvalue weighted by molar-refractivity contribution is 9.10. The largest absolute Gasteiger partial charge is 0.465 e. The summed E-state index contributed by atoms with van der Waals surface area (Å²) in [7, 11) is 1.24. The third kappa shape index (κ3) is 3.07. The molecular formula is C11H7BrF2N2O2S. The molecule has 0 aliphatic carbocycles. The van der Waals surface area contributed by atoms with Gasteiger partial charge in [-0.1, -0.05) is 27.3 Å². The van der Waals surface area contributed by atoms with Gasteiger partial charge in [0.1, 0.15) is 10.6 Å². The highest BCUT2D eigenvalue weighted by Gasteiger charge is 2.15. The number of rotatable bonds is 3. The van der Waals surface area contributed by atoms with E-state index >= 15 is 0 Å². The first-order valence-corrected chi connectivity index (χ1v) is 6.58. The second-order valence-corrected chi connectivity index (χ2v) is 5.34. The van der Waals surface area contributed by atoms with E-state index in [2.05, 4.69) is 31.0 Å². The molecule has 0 fully saturated rings. The van der Waals surface area contributed by atoms with Crippen molar-refractivity contribution in [2.75, 3.05) is 12.4 Å². The van der Waals surface area contributed by atoms with Gasteiger partial charge in [0.15, 0.2) is 16.8 Å². The predicted octanol–water partition coefficient (Wildman–Crippen LogP) is 3.71. The molecular weight excluding hydrogens is 342 g/mol. The van der Waals surface area contributed by atoms with Crippen molar-refractivity contribution in [2.45, 2.75) is 0 Å². The number of hydrogen-bond donors (Lipinski definition) is 1. The third-order valence-electron chi connectivity index (χ3n) is 2.13. The Kier molecular flexibility index (Phi) is 4.11. The fraction of sp³-hybridized carbons (Fsp3) is 0.0909. The van der Waals surface area contributed by atoms with Gasteiger partial charge in [-0.05, 0) is 12.1 Å². The van der Waals surface area contributed by atoms with Crippen LogP contribution in [0.3, 0.4) is 0 Å². The molecule has 19 heavy (non-hydrogen) atoms. The zero-order chi connectivity index (χ0) is 14.0. The summed E-state index contributed by atoms with van der Waals surface area (Å²) in [4.78, 5) is 15.3. The number of nitrogens with one attached hydrogen (secondary N) is 1. The molecule has 1 aromatic carbocycles. The minimum absolute atomic E-state index is 0.195. The van der Waals surface area contributed by atoms with Gasteiger partial charge in [0.05, 0.1) is 13.3 Å². The molecule has 0 unspecified atom stereocenters. The van der Waals surface area contributed by atoms with Crippen molar-refractivity contribution in [1.82, 2.24) is 4.98 Å². The Labute approximate surface area is 119 Å². The lowest BCUT2D eigenvalue weighted by atomic mass is 10.3. The molecule has 0 saturated heterocycles. The van der Waals surface area contributed by atoms with Crippen molar-refractivity contribution in [3.63, 3.8) is 0 Å².